The summed E-state index contributed by atoms with van der Waals surface area (Å²) in [6.07, 6.45) is 3.89. The second-order valence-corrected chi connectivity index (χ2v) is 4.73. The largest absolute Gasteiger partial charge is 0.469 e. The number of nitrogens with zero attached hydrogens (tertiary/aromatic N) is 1. The van der Waals surface area contributed by atoms with Crippen LogP contribution in [-0.2, 0) is 16.0 Å². The minimum absolute atomic E-state index is 0.338. The number of esters is 1. The van der Waals surface area contributed by atoms with E-state index in [9.17, 15) is 4.79 Å². The molecule has 5 nitrogen and oxygen atoms in total. The van der Waals surface area contributed by atoms with E-state index in [4.69, 9.17) is 9.15 Å². The monoisotopic (exact) mass is 296 g/mol. The molecule has 110 valence electrons. The Morgan fingerprint density at radius 1 is 1.55 bits per heavy atom. The smallest absolute Gasteiger partial charge is 0.336 e. The fraction of sp³-hybridized carbons (Fsp3) is 0.429. The van der Waals surface area contributed by atoms with Crippen LogP contribution in [0.15, 0.2) is 39.1 Å². The Kier molecular flexibility index (Phi) is 6.93. The molecule has 0 aliphatic carbocycles. The zero-order valence-electron chi connectivity index (χ0n) is 12.2. The maximum absolute atomic E-state index is 12.1. The van der Waals surface area contributed by atoms with Gasteiger partial charge in [-0.05, 0) is 32.2 Å². The van der Waals surface area contributed by atoms with Crippen molar-refractivity contribution in [3.05, 3.63) is 35.4 Å². The van der Waals surface area contributed by atoms with Crippen molar-refractivity contribution in [1.29, 1.82) is 0 Å². The minimum atomic E-state index is -0.342. The fourth-order valence-electron chi connectivity index (χ4n) is 1.60. The Morgan fingerprint density at radius 3 is 2.80 bits per heavy atom. The fourth-order valence-corrected chi connectivity index (χ4v) is 2.04. The summed E-state index contributed by atoms with van der Waals surface area (Å²) in [6, 6.07) is 3.62. The van der Waals surface area contributed by atoms with Gasteiger partial charge in [-0.25, -0.2) is 4.79 Å². The van der Waals surface area contributed by atoms with Crippen LogP contribution in [0.4, 0.5) is 0 Å². The molecule has 0 bridgehead atoms. The molecule has 0 saturated carbocycles. The lowest BCUT2D eigenvalue weighted by molar-refractivity contribution is -0.138. The molecule has 6 heteroatoms. The highest BCUT2D eigenvalue weighted by molar-refractivity contribution is 8.13. The molecule has 1 rings (SSSR count). The first-order valence-electron chi connectivity index (χ1n) is 6.29. The van der Waals surface area contributed by atoms with Gasteiger partial charge in [-0.15, -0.1) is 0 Å². The summed E-state index contributed by atoms with van der Waals surface area (Å²) in [4.78, 5) is 16.2. The predicted octanol–water partition coefficient (Wildman–Crippen LogP) is 2.60. The number of nitrogens with one attached hydrogen (secondary N) is 1. The number of amidine groups is 1. The SMILES string of the molecule is CCOC(=O)/C(Cc1ccco1)=C(\C)NC(=NC)SC. The number of hydrogen-bond acceptors (Lipinski definition) is 5. The standard InChI is InChI=1S/C14H20N2O3S/c1-5-18-13(17)12(9-11-7-6-8-19-11)10(2)16-14(15-3)20-4/h6-8H,5,9H2,1-4H3,(H,15,16)/b12-10+. The molecule has 0 fully saturated rings. The number of aliphatic imine (C=N–C) groups is 1. The third-order valence-corrected chi connectivity index (χ3v) is 3.27. The maximum atomic E-state index is 12.1. The molecule has 0 aliphatic rings. The van der Waals surface area contributed by atoms with Gasteiger partial charge in [-0.2, -0.15) is 0 Å². The van der Waals surface area contributed by atoms with E-state index >= 15 is 0 Å². The van der Waals surface area contributed by atoms with Crippen molar-refractivity contribution < 1.29 is 13.9 Å². The third kappa shape index (κ3) is 4.77. The summed E-state index contributed by atoms with van der Waals surface area (Å²) in [5.41, 5.74) is 1.26. The zero-order chi connectivity index (χ0) is 15.0. The number of carbonyl (C=O) groups is 1. The lowest BCUT2D eigenvalue weighted by Crippen LogP contribution is -2.23. The van der Waals surface area contributed by atoms with Gasteiger partial charge in [-0.3, -0.25) is 4.99 Å². The van der Waals surface area contributed by atoms with Crippen LogP contribution in [0.3, 0.4) is 0 Å². The van der Waals surface area contributed by atoms with E-state index < -0.39 is 0 Å². The van der Waals surface area contributed by atoms with Crippen LogP contribution in [-0.4, -0.2) is 31.0 Å². The maximum Gasteiger partial charge on any atom is 0.336 e. The number of carbonyl (C=O) groups excluding carboxylic acids is 1. The molecule has 0 aliphatic heterocycles. The zero-order valence-corrected chi connectivity index (χ0v) is 13.0. The third-order valence-electron chi connectivity index (χ3n) is 2.60. The molecule has 0 unspecified atom stereocenters. The van der Waals surface area contributed by atoms with E-state index in [-0.39, 0.29) is 5.97 Å². The van der Waals surface area contributed by atoms with E-state index in [1.54, 1.807) is 26.3 Å². The van der Waals surface area contributed by atoms with Crippen LogP contribution < -0.4 is 5.32 Å². The van der Waals surface area contributed by atoms with E-state index in [2.05, 4.69) is 10.3 Å². The summed E-state index contributed by atoms with van der Waals surface area (Å²) in [6.45, 7) is 3.95. The van der Waals surface area contributed by atoms with Crippen molar-refractivity contribution in [2.24, 2.45) is 4.99 Å². The molecule has 1 heterocycles. The second-order valence-electron chi connectivity index (χ2n) is 3.94. The molecular weight excluding hydrogens is 276 g/mol. The van der Waals surface area contributed by atoms with Gasteiger partial charge in [0, 0.05) is 19.2 Å². The van der Waals surface area contributed by atoms with E-state index in [1.165, 1.54) is 11.8 Å². The van der Waals surface area contributed by atoms with Crippen LogP contribution in [0.5, 0.6) is 0 Å². The minimum Gasteiger partial charge on any atom is -0.469 e. The van der Waals surface area contributed by atoms with Gasteiger partial charge in [-0.1, -0.05) is 11.8 Å². The van der Waals surface area contributed by atoms with Crippen molar-refractivity contribution in [3.63, 3.8) is 0 Å². The molecule has 0 aromatic carbocycles. The van der Waals surface area contributed by atoms with Crippen molar-refractivity contribution in [3.8, 4) is 0 Å². The Morgan fingerprint density at radius 2 is 2.30 bits per heavy atom. The first-order valence-corrected chi connectivity index (χ1v) is 7.51. The molecular formula is C14H20N2O3S. The molecule has 0 amide bonds. The predicted molar refractivity (Wildman–Crippen MR) is 81.8 cm³/mol. The van der Waals surface area contributed by atoms with Crippen molar-refractivity contribution in [2.45, 2.75) is 20.3 Å². The van der Waals surface area contributed by atoms with Crippen LogP contribution >= 0.6 is 11.8 Å². The molecule has 1 aromatic rings. The van der Waals surface area contributed by atoms with Crippen molar-refractivity contribution >= 4 is 22.9 Å². The first-order chi connectivity index (χ1) is 9.62. The highest BCUT2D eigenvalue weighted by Gasteiger charge is 2.17. The summed E-state index contributed by atoms with van der Waals surface area (Å²) in [7, 11) is 1.70. The van der Waals surface area contributed by atoms with Crippen LogP contribution in [0.1, 0.15) is 19.6 Å². The molecule has 0 atom stereocenters. The Hall–Kier alpha value is -1.69. The number of thioether (sulfide) groups is 1. The Balaban J connectivity index is 2.98. The Labute approximate surface area is 123 Å². The van der Waals surface area contributed by atoms with Gasteiger partial charge in [0.25, 0.3) is 0 Å². The molecule has 1 aromatic heterocycles. The molecule has 20 heavy (non-hydrogen) atoms. The van der Waals surface area contributed by atoms with Crippen molar-refractivity contribution in [1.82, 2.24) is 5.32 Å². The molecule has 0 radical (unpaired) electrons. The van der Waals surface area contributed by atoms with E-state index in [0.29, 0.717) is 24.4 Å². The summed E-state index contributed by atoms with van der Waals surface area (Å²) in [5.74, 6) is 0.374. The van der Waals surface area contributed by atoms with Crippen molar-refractivity contribution in [2.75, 3.05) is 19.9 Å². The van der Waals surface area contributed by atoms with Gasteiger partial charge < -0.3 is 14.5 Å². The number of furan rings is 1. The van der Waals surface area contributed by atoms with Crippen LogP contribution in [0, 0.1) is 0 Å². The second kappa shape index (κ2) is 8.47. The summed E-state index contributed by atoms with van der Waals surface area (Å²) >= 11 is 1.48. The molecule has 1 N–H and O–H groups in total. The molecule has 0 saturated heterocycles. The van der Waals surface area contributed by atoms with E-state index in [0.717, 1.165) is 10.9 Å². The lowest BCUT2D eigenvalue weighted by Gasteiger charge is -2.13. The van der Waals surface area contributed by atoms with E-state index in [1.807, 2.05) is 19.2 Å². The summed E-state index contributed by atoms with van der Waals surface area (Å²) in [5, 5.41) is 3.86. The van der Waals surface area contributed by atoms with Crippen LogP contribution in [0.2, 0.25) is 0 Å². The van der Waals surface area contributed by atoms with Gasteiger partial charge >= 0.3 is 5.97 Å². The highest BCUT2D eigenvalue weighted by atomic mass is 32.2. The Bertz CT molecular complexity index is 493. The van der Waals surface area contributed by atoms with Gasteiger partial charge in [0.1, 0.15) is 5.76 Å². The average molecular weight is 296 g/mol. The first kappa shape index (κ1) is 16.4. The summed E-state index contributed by atoms with van der Waals surface area (Å²) < 4.78 is 10.4. The molecule has 0 spiro atoms. The number of hydrogen-bond donors (Lipinski definition) is 1. The number of allylic oxidation sites excluding steroid dienone is 1. The highest BCUT2D eigenvalue weighted by Crippen LogP contribution is 2.14. The van der Waals surface area contributed by atoms with Gasteiger partial charge in [0.2, 0.25) is 0 Å². The lowest BCUT2D eigenvalue weighted by atomic mass is 10.1. The van der Waals surface area contributed by atoms with Crippen LogP contribution in [0.25, 0.3) is 0 Å². The quantitative estimate of drug-likeness (QED) is 0.391. The number of ether oxygens (including phenoxy) is 1. The average Bonchev–Trinajstić information content (AvgIpc) is 2.95. The topological polar surface area (TPSA) is 63.8 Å². The normalized spacial score (nSPS) is 12.9. The van der Waals surface area contributed by atoms with Gasteiger partial charge in [0.05, 0.1) is 18.4 Å². The number of rotatable bonds is 5. The van der Waals surface area contributed by atoms with Gasteiger partial charge in [0.15, 0.2) is 5.17 Å².